The fraction of sp³-hybridized carbons (Fsp3) is 0.478. The third-order valence-electron chi connectivity index (χ3n) is 6.32. The van der Waals surface area contributed by atoms with Gasteiger partial charge >= 0.3 is 0 Å². The predicted molar refractivity (Wildman–Crippen MR) is 112 cm³/mol. The van der Waals surface area contributed by atoms with Crippen molar-refractivity contribution in [3.63, 3.8) is 0 Å². The number of benzene rings is 1. The molecule has 1 aromatic heterocycles. The minimum absolute atomic E-state index is 0.132. The Morgan fingerprint density at radius 1 is 1.11 bits per heavy atom. The largest absolute Gasteiger partial charge is 0.352 e. The average Bonchev–Trinajstić information content (AvgIpc) is 3.16. The fourth-order valence-corrected chi connectivity index (χ4v) is 5.16. The summed E-state index contributed by atoms with van der Waals surface area (Å²) in [6.45, 7) is 2.21. The van der Waals surface area contributed by atoms with Crippen LogP contribution in [0.2, 0.25) is 0 Å². The molecule has 4 nitrogen and oxygen atoms in total. The maximum atomic E-state index is 12.5. The molecule has 148 valence electrons. The standard InChI is InChI=1S/C23H28N2O2S/c26-21(10-4-8-19-9-5-15-28-19)25-13-11-23(12-14-25)16-20(23)22(27)24-17-18-6-2-1-3-7-18/h1-3,5-7,9,15,20H,4,8,10-14,16-17H2,(H,24,27). The molecule has 5 heteroatoms. The van der Waals surface area contributed by atoms with Crippen LogP contribution in [0, 0.1) is 11.3 Å². The van der Waals surface area contributed by atoms with Crippen LogP contribution in [0.15, 0.2) is 47.8 Å². The first-order chi connectivity index (χ1) is 13.7. The molecule has 0 bridgehead atoms. The summed E-state index contributed by atoms with van der Waals surface area (Å²) in [5.41, 5.74) is 1.28. The maximum absolute atomic E-state index is 12.5. The van der Waals surface area contributed by atoms with Gasteiger partial charge in [0.05, 0.1) is 0 Å². The first-order valence-corrected chi connectivity index (χ1v) is 11.2. The molecule has 2 amide bonds. The average molecular weight is 397 g/mol. The Balaban J connectivity index is 1.18. The molecule has 2 fully saturated rings. The summed E-state index contributed by atoms with van der Waals surface area (Å²) in [6.07, 6.45) is 5.45. The molecule has 4 rings (SSSR count). The second-order valence-corrected chi connectivity index (χ2v) is 9.17. The monoisotopic (exact) mass is 396 g/mol. The number of carbonyl (C=O) groups excluding carboxylic acids is 2. The van der Waals surface area contributed by atoms with Crippen LogP contribution in [0.5, 0.6) is 0 Å². The van der Waals surface area contributed by atoms with E-state index in [4.69, 9.17) is 0 Å². The zero-order chi connectivity index (χ0) is 19.4. The van der Waals surface area contributed by atoms with E-state index in [0.29, 0.717) is 13.0 Å². The number of nitrogens with zero attached hydrogens (tertiary/aromatic N) is 1. The molecule has 1 unspecified atom stereocenters. The lowest BCUT2D eigenvalue weighted by atomic mass is 9.90. The molecule has 1 atom stereocenters. The van der Waals surface area contributed by atoms with Gasteiger partial charge in [0.25, 0.3) is 0 Å². The second kappa shape index (κ2) is 8.48. The molecule has 2 aliphatic rings. The first kappa shape index (κ1) is 19.2. The topological polar surface area (TPSA) is 49.4 Å². The number of hydrogen-bond donors (Lipinski definition) is 1. The van der Waals surface area contributed by atoms with E-state index in [1.54, 1.807) is 11.3 Å². The highest BCUT2D eigenvalue weighted by Gasteiger charge is 2.58. The normalized spacial score (nSPS) is 20.1. The van der Waals surface area contributed by atoms with Gasteiger partial charge < -0.3 is 10.2 Å². The highest BCUT2D eigenvalue weighted by atomic mass is 32.1. The Kier molecular flexibility index (Phi) is 5.81. The van der Waals surface area contributed by atoms with Crippen molar-refractivity contribution in [1.29, 1.82) is 0 Å². The Morgan fingerprint density at radius 3 is 2.61 bits per heavy atom. The van der Waals surface area contributed by atoms with Gasteiger partial charge in [0.15, 0.2) is 0 Å². The molecule has 28 heavy (non-hydrogen) atoms. The van der Waals surface area contributed by atoms with E-state index in [1.807, 2.05) is 35.2 Å². The van der Waals surface area contributed by atoms with Crippen LogP contribution in [-0.2, 0) is 22.6 Å². The maximum Gasteiger partial charge on any atom is 0.223 e. The zero-order valence-electron chi connectivity index (χ0n) is 16.2. The third-order valence-corrected chi connectivity index (χ3v) is 7.26. The van der Waals surface area contributed by atoms with E-state index in [9.17, 15) is 9.59 Å². The molecule has 1 aliphatic heterocycles. The van der Waals surface area contributed by atoms with Crippen molar-refractivity contribution in [3.8, 4) is 0 Å². The number of piperidine rings is 1. The van der Waals surface area contributed by atoms with Crippen molar-refractivity contribution < 1.29 is 9.59 Å². The van der Waals surface area contributed by atoms with Crippen LogP contribution in [0.1, 0.15) is 42.5 Å². The number of aryl methyl sites for hydroxylation is 1. The summed E-state index contributed by atoms with van der Waals surface area (Å²) in [4.78, 5) is 28.4. The minimum atomic E-state index is 0.132. The summed E-state index contributed by atoms with van der Waals surface area (Å²) >= 11 is 1.76. The molecule has 1 aromatic carbocycles. The van der Waals surface area contributed by atoms with Crippen LogP contribution in [0.4, 0.5) is 0 Å². The van der Waals surface area contributed by atoms with Gasteiger partial charge in [-0.25, -0.2) is 0 Å². The van der Waals surface area contributed by atoms with E-state index < -0.39 is 0 Å². The molecule has 1 aliphatic carbocycles. The third kappa shape index (κ3) is 4.46. The number of thiophene rings is 1. The number of hydrogen-bond acceptors (Lipinski definition) is 3. The number of carbonyl (C=O) groups is 2. The lowest BCUT2D eigenvalue weighted by molar-refractivity contribution is -0.133. The van der Waals surface area contributed by atoms with Crippen LogP contribution in [-0.4, -0.2) is 29.8 Å². The van der Waals surface area contributed by atoms with Gasteiger partial charge in [-0.2, -0.15) is 0 Å². The number of rotatable bonds is 7. The molecule has 1 saturated heterocycles. The number of amides is 2. The molecule has 2 aromatic rings. The van der Waals surface area contributed by atoms with Crippen molar-refractivity contribution in [2.24, 2.45) is 11.3 Å². The molecular formula is C23H28N2O2S. The van der Waals surface area contributed by atoms with Gasteiger partial charge in [-0.1, -0.05) is 36.4 Å². The molecular weight excluding hydrogens is 368 g/mol. The van der Waals surface area contributed by atoms with Gasteiger partial charge in [0, 0.05) is 36.9 Å². The molecule has 1 N–H and O–H groups in total. The smallest absolute Gasteiger partial charge is 0.223 e. The molecule has 1 saturated carbocycles. The van der Waals surface area contributed by atoms with Gasteiger partial charge in [-0.15, -0.1) is 11.3 Å². The van der Waals surface area contributed by atoms with Crippen molar-refractivity contribution in [2.75, 3.05) is 13.1 Å². The van der Waals surface area contributed by atoms with Gasteiger partial charge in [-0.05, 0) is 54.5 Å². The Labute approximate surface area is 170 Å². The summed E-state index contributed by atoms with van der Waals surface area (Å²) in [5, 5.41) is 5.18. The number of nitrogens with one attached hydrogen (secondary N) is 1. The van der Waals surface area contributed by atoms with Crippen molar-refractivity contribution in [3.05, 3.63) is 58.3 Å². The summed E-state index contributed by atoms with van der Waals surface area (Å²) in [5.74, 6) is 0.587. The summed E-state index contributed by atoms with van der Waals surface area (Å²) in [7, 11) is 0. The van der Waals surface area contributed by atoms with Crippen molar-refractivity contribution in [2.45, 2.75) is 45.1 Å². The predicted octanol–water partition coefficient (Wildman–Crippen LogP) is 4.02. The Hall–Kier alpha value is -2.14. The zero-order valence-corrected chi connectivity index (χ0v) is 17.0. The van der Waals surface area contributed by atoms with Crippen molar-refractivity contribution >= 4 is 23.2 Å². The van der Waals surface area contributed by atoms with Gasteiger partial charge in [-0.3, -0.25) is 9.59 Å². The van der Waals surface area contributed by atoms with Crippen LogP contribution in [0.3, 0.4) is 0 Å². The van der Waals surface area contributed by atoms with Crippen molar-refractivity contribution in [1.82, 2.24) is 10.2 Å². The van der Waals surface area contributed by atoms with Crippen LogP contribution >= 0.6 is 11.3 Å². The van der Waals surface area contributed by atoms with E-state index in [-0.39, 0.29) is 23.1 Å². The molecule has 1 spiro atoms. The van der Waals surface area contributed by atoms with E-state index >= 15 is 0 Å². The Morgan fingerprint density at radius 2 is 1.89 bits per heavy atom. The summed E-state index contributed by atoms with van der Waals surface area (Å²) < 4.78 is 0. The quantitative estimate of drug-likeness (QED) is 0.769. The lowest BCUT2D eigenvalue weighted by Crippen LogP contribution is -2.40. The van der Waals surface area contributed by atoms with Gasteiger partial charge in [0.2, 0.25) is 11.8 Å². The van der Waals surface area contributed by atoms with E-state index in [2.05, 4.69) is 22.8 Å². The van der Waals surface area contributed by atoms with Gasteiger partial charge in [0.1, 0.15) is 0 Å². The highest BCUT2D eigenvalue weighted by molar-refractivity contribution is 7.09. The second-order valence-electron chi connectivity index (χ2n) is 8.14. The van der Waals surface area contributed by atoms with E-state index in [0.717, 1.165) is 50.8 Å². The lowest BCUT2D eigenvalue weighted by Gasteiger charge is -2.33. The number of likely N-dealkylation sites (tertiary alicyclic amines) is 1. The SMILES string of the molecule is O=C(NCc1ccccc1)C1CC12CCN(C(=O)CCCc1cccs1)CC2. The first-order valence-electron chi connectivity index (χ1n) is 10.3. The van der Waals surface area contributed by atoms with Crippen LogP contribution < -0.4 is 5.32 Å². The highest BCUT2D eigenvalue weighted by Crippen LogP contribution is 2.59. The molecule has 0 radical (unpaired) electrons. The minimum Gasteiger partial charge on any atom is -0.352 e. The Bertz CT molecular complexity index is 795. The van der Waals surface area contributed by atoms with E-state index in [1.165, 1.54) is 4.88 Å². The fourth-order valence-electron chi connectivity index (χ4n) is 4.41. The molecule has 2 heterocycles. The van der Waals surface area contributed by atoms with Crippen LogP contribution in [0.25, 0.3) is 0 Å². The summed E-state index contributed by atoms with van der Waals surface area (Å²) in [6, 6.07) is 14.2.